The minimum absolute atomic E-state index is 0.108. The third-order valence-electron chi connectivity index (χ3n) is 16.4. The summed E-state index contributed by atoms with van der Waals surface area (Å²) >= 11 is 4.99. The molecule has 450 valence electrons. The van der Waals surface area contributed by atoms with E-state index in [0.29, 0.717) is 79.9 Å². The van der Waals surface area contributed by atoms with E-state index in [0.717, 1.165) is 138 Å². The van der Waals surface area contributed by atoms with E-state index in [1.165, 1.54) is 11.3 Å². The van der Waals surface area contributed by atoms with Crippen molar-refractivity contribution < 1.29 is 42.9 Å². The molecule has 3 aliphatic rings. The number of piperidine rings is 2. The van der Waals surface area contributed by atoms with Crippen LogP contribution in [0.15, 0.2) is 95.5 Å². The predicted octanol–water partition coefficient (Wildman–Crippen LogP) is 13.8. The number of fused-ring (bicyclic) bond motifs is 2. The van der Waals surface area contributed by atoms with Crippen molar-refractivity contribution in [3.05, 3.63) is 129 Å². The van der Waals surface area contributed by atoms with E-state index in [1.807, 2.05) is 126 Å². The monoisotopic (exact) mass is 1230 g/mol. The van der Waals surface area contributed by atoms with Crippen molar-refractivity contribution in [2.24, 2.45) is 10.8 Å². The number of likely N-dealkylation sites (tertiary alicyclic amines) is 2. The zero-order valence-electron chi connectivity index (χ0n) is 50.7. The number of halogens is 1. The number of hydrogen-bond acceptors (Lipinski definition) is 15. The number of pyridine rings is 1. The van der Waals surface area contributed by atoms with Gasteiger partial charge in [0.2, 0.25) is 0 Å². The largest absolute Gasteiger partial charge is 0.493 e. The summed E-state index contributed by atoms with van der Waals surface area (Å²) in [4.78, 5) is 67.3. The van der Waals surface area contributed by atoms with E-state index in [2.05, 4.69) is 67.8 Å². The molecule has 2 fully saturated rings. The standard InChI is InChI=1S/C47H55N5O6S.C20H30BrNO3/c1-7-56-41(53)30-51-26-23-47(6,24-27-51)22-12-28-57-38-17-11-14-33(31(38)2)34-19-20-40(49-42(34)44(55)58-46(3,4)5)52-25-21-32-13-10-15-35(36(32)29-52)43(54)50-45-48-37-16-8-9-18-39(37)59-45;1-4-24-19(23)15-22-12-10-20(3,11-13-22)9-6-14-25-18-8-5-7-17(21)16(18)2/h8-11,13-20H,7,12,21-30H2,1-6H3,(H,48,50,54);5,7-8H,4,6,9-15H2,1-3H3. The van der Waals surface area contributed by atoms with Gasteiger partial charge in [0.1, 0.15) is 22.9 Å². The first-order chi connectivity index (χ1) is 40.2. The fourth-order valence-corrected chi connectivity index (χ4v) is 12.6. The number of carbonyl (C=O) groups excluding carboxylic acids is 4. The average Bonchev–Trinajstić information content (AvgIpc) is 4.02. The molecule has 0 aliphatic carbocycles. The zero-order chi connectivity index (χ0) is 60.0. The third-order valence-corrected chi connectivity index (χ3v) is 18.2. The van der Waals surface area contributed by atoms with Gasteiger partial charge in [-0.05, 0) is 214 Å². The SMILES string of the molecule is CCOC(=O)CN1CCC(C)(CCCOc2cccc(-c3ccc(N4CCc5cccc(C(=O)Nc6nc7ccccc7s6)c5C4)nc3C(=O)OC(C)(C)C)c2C)CC1.CCOC(=O)CN1CCC(C)(CCCOc2cccc(Br)c2C)CC1. The summed E-state index contributed by atoms with van der Waals surface area (Å²) in [6.07, 6.45) is 9.18. The Morgan fingerprint density at radius 2 is 1.26 bits per heavy atom. The number of nitrogens with one attached hydrogen (secondary N) is 1. The van der Waals surface area contributed by atoms with Crippen molar-refractivity contribution in [2.75, 3.05) is 82.5 Å². The van der Waals surface area contributed by atoms with Gasteiger partial charge in [0.25, 0.3) is 5.91 Å². The van der Waals surface area contributed by atoms with E-state index in [9.17, 15) is 19.2 Å². The Morgan fingerprint density at radius 1 is 0.679 bits per heavy atom. The van der Waals surface area contributed by atoms with E-state index in [4.69, 9.17) is 28.7 Å². The molecule has 1 N–H and O–H groups in total. The number of nitrogens with zero attached hydrogens (tertiary/aromatic N) is 5. The van der Waals surface area contributed by atoms with Crippen LogP contribution in [-0.2, 0) is 36.8 Å². The summed E-state index contributed by atoms with van der Waals surface area (Å²) in [5.41, 5.74) is 7.11. The molecular formula is C67H85BrN6O9S. The molecule has 15 nitrogen and oxygen atoms in total. The van der Waals surface area contributed by atoms with Crippen LogP contribution < -0.4 is 19.7 Å². The first-order valence-corrected chi connectivity index (χ1v) is 31.5. The molecule has 3 aliphatic heterocycles. The van der Waals surface area contributed by atoms with Crippen LogP contribution >= 0.6 is 27.3 Å². The minimum Gasteiger partial charge on any atom is -0.493 e. The predicted molar refractivity (Wildman–Crippen MR) is 338 cm³/mol. The molecule has 4 aromatic carbocycles. The van der Waals surface area contributed by atoms with Crippen LogP contribution in [0.5, 0.6) is 11.5 Å². The lowest BCUT2D eigenvalue weighted by atomic mass is 9.77. The molecule has 0 atom stereocenters. The number of thiazole rings is 1. The highest BCUT2D eigenvalue weighted by atomic mass is 79.9. The molecule has 0 saturated carbocycles. The quantitative estimate of drug-likeness (QED) is 0.0411. The van der Waals surface area contributed by atoms with Crippen molar-refractivity contribution in [3.8, 4) is 22.6 Å². The molecule has 2 saturated heterocycles. The van der Waals surface area contributed by atoms with E-state index in [-0.39, 0.29) is 29.0 Å². The van der Waals surface area contributed by atoms with Gasteiger partial charge < -0.3 is 28.6 Å². The summed E-state index contributed by atoms with van der Waals surface area (Å²) in [7, 11) is 0. The Balaban J connectivity index is 0.000000307. The maximum Gasteiger partial charge on any atom is 0.358 e. The Hall–Kier alpha value is -6.40. The highest BCUT2D eigenvalue weighted by molar-refractivity contribution is 9.10. The van der Waals surface area contributed by atoms with Crippen LogP contribution in [0.2, 0.25) is 0 Å². The maximum absolute atomic E-state index is 13.9. The molecule has 0 unspecified atom stereocenters. The zero-order valence-corrected chi connectivity index (χ0v) is 53.1. The summed E-state index contributed by atoms with van der Waals surface area (Å²) in [6, 6.07) is 29.6. The van der Waals surface area contributed by atoms with Gasteiger partial charge in [0, 0.05) is 34.3 Å². The molecule has 17 heteroatoms. The fourth-order valence-electron chi connectivity index (χ4n) is 11.4. The molecule has 6 aromatic rings. The lowest BCUT2D eigenvalue weighted by Crippen LogP contribution is -2.41. The molecule has 0 bridgehead atoms. The number of carbonyl (C=O) groups is 4. The minimum atomic E-state index is -0.726. The summed E-state index contributed by atoms with van der Waals surface area (Å²) < 4.78 is 30.6. The number of benzene rings is 4. The average molecular weight is 1230 g/mol. The van der Waals surface area contributed by atoms with Crippen LogP contribution in [-0.4, -0.2) is 121 Å². The van der Waals surface area contributed by atoms with Crippen molar-refractivity contribution in [2.45, 2.75) is 132 Å². The van der Waals surface area contributed by atoms with Crippen molar-refractivity contribution >= 4 is 72.2 Å². The second-order valence-electron chi connectivity index (χ2n) is 24.1. The van der Waals surface area contributed by atoms with Crippen LogP contribution in [0.25, 0.3) is 21.3 Å². The fraction of sp³-hybridized carbons (Fsp3) is 0.493. The normalized spacial score (nSPS) is 16.0. The summed E-state index contributed by atoms with van der Waals surface area (Å²) in [6.45, 7) is 25.8. The van der Waals surface area contributed by atoms with Gasteiger partial charge >= 0.3 is 17.9 Å². The molecule has 84 heavy (non-hydrogen) atoms. The van der Waals surface area contributed by atoms with E-state index >= 15 is 0 Å². The lowest BCUT2D eigenvalue weighted by molar-refractivity contribution is -0.145. The van der Waals surface area contributed by atoms with Crippen LogP contribution in [0.3, 0.4) is 0 Å². The molecule has 9 rings (SSSR count). The van der Waals surface area contributed by atoms with Gasteiger partial charge in [0.05, 0.1) is 49.7 Å². The van der Waals surface area contributed by atoms with Crippen LogP contribution in [0, 0.1) is 24.7 Å². The Bertz CT molecular complexity index is 3200. The molecule has 0 radical (unpaired) electrons. The van der Waals surface area contributed by atoms with Gasteiger partial charge in [-0.1, -0.05) is 83.6 Å². The second kappa shape index (κ2) is 29.1. The van der Waals surface area contributed by atoms with Gasteiger partial charge in [-0.3, -0.25) is 29.5 Å². The van der Waals surface area contributed by atoms with E-state index in [1.54, 1.807) is 0 Å². The van der Waals surface area contributed by atoms with Crippen LogP contribution in [0.1, 0.15) is 143 Å². The second-order valence-corrected chi connectivity index (χ2v) is 26.0. The summed E-state index contributed by atoms with van der Waals surface area (Å²) in [5.74, 6) is 1.38. The lowest BCUT2D eigenvalue weighted by Gasteiger charge is -2.39. The number of amides is 1. The van der Waals surface area contributed by atoms with Gasteiger partial charge in [-0.2, -0.15) is 0 Å². The first kappa shape index (κ1) is 63.6. The number of ether oxygens (including phenoxy) is 5. The topological polar surface area (TPSA) is 162 Å². The Kier molecular flexibility index (Phi) is 22.1. The summed E-state index contributed by atoms with van der Waals surface area (Å²) in [5, 5.41) is 3.58. The number of para-hydroxylation sites is 1. The van der Waals surface area contributed by atoms with E-state index < -0.39 is 11.6 Å². The van der Waals surface area contributed by atoms with Crippen molar-refractivity contribution in [1.29, 1.82) is 0 Å². The highest BCUT2D eigenvalue weighted by Crippen LogP contribution is 2.39. The number of esters is 3. The Labute approximate surface area is 509 Å². The van der Waals surface area contributed by atoms with Gasteiger partial charge in [-0.15, -0.1) is 0 Å². The van der Waals surface area contributed by atoms with Gasteiger partial charge in [-0.25, -0.2) is 14.8 Å². The molecule has 5 heterocycles. The maximum atomic E-state index is 13.9. The number of anilines is 2. The molecular weight excluding hydrogens is 1140 g/mol. The first-order valence-electron chi connectivity index (χ1n) is 29.9. The highest BCUT2D eigenvalue weighted by Gasteiger charge is 2.33. The number of aromatic nitrogens is 2. The Morgan fingerprint density at radius 3 is 1.86 bits per heavy atom. The van der Waals surface area contributed by atoms with Crippen molar-refractivity contribution in [1.82, 2.24) is 19.8 Å². The van der Waals surface area contributed by atoms with Crippen molar-refractivity contribution in [3.63, 3.8) is 0 Å². The smallest absolute Gasteiger partial charge is 0.358 e. The van der Waals surface area contributed by atoms with Gasteiger partial charge in [0.15, 0.2) is 10.8 Å². The number of hydrogen-bond donors (Lipinski definition) is 1. The number of rotatable bonds is 21. The third kappa shape index (κ3) is 17.4. The molecule has 2 aromatic heterocycles. The molecule has 0 spiro atoms. The molecule has 1 amide bonds. The van der Waals surface area contributed by atoms with Crippen LogP contribution in [0.4, 0.5) is 10.9 Å².